The van der Waals surface area contributed by atoms with Crippen LogP contribution >= 0.6 is 27.7 Å². The first kappa shape index (κ1) is 11.5. The van der Waals surface area contributed by atoms with Gasteiger partial charge in [-0.05, 0) is 27.7 Å². The minimum Gasteiger partial charge on any atom is -0.416 e. The standard InChI is InChI=1S/C9H9BrN4OS/c1-3-7-11-6(10)4-8(12-7)16-9-14-13-5(2)15-9/h4H,3H2,1-2H3. The number of hydrogen-bond donors (Lipinski definition) is 0. The number of rotatable bonds is 3. The molecule has 0 aliphatic rings. The zero-order valence-corrected chi connectivity index (χ0v) is 11.2. The quantitative estimate of drug-likeness (QED) is 0.812. The van der Waals surface area contributed by atoms with Crippen LogP contribution in [0.1, 0.15) is 18.6 Å². The normalized spacial score (nSPS) is 10.7. The molecule has 2 rings (SSSR count). The molecule has 0 aromatic carbocycles. The van der Waals surface area contributed by atoms with Crippen molar-refractivity contribution < 1.29 is 4.42 Å². The lowest BCUT2D eigenvalue weighted by Gasteiger charge is -2.00. The minimum absolute atomic E-state index is 0.491. The monoisotopic (exact) mass is 300 g/mol. The third-order valence-electron chi connectivity index (χ3n) is 1.73. The Morgan fingerprint density at radius 2 is 2.19 bits per heavy atom. The SMILES string of the molecule is CCc1nc(Br)cc(Sc2nnc(C)o2)n1. The maximum Gasteiger partial charge on any atom is 0.282 e. The van der Waals surface area contributed by atoms with Crippen molar-refractivity contribution in [2.75, 3.05) is 0 Å². The van der Waals surface area contributed by atoms with E-state index in [1.54, 1.807) is 6.92 Å². The molecule has 0 aliphatic carbocycles. The molecule has 0 N–H and O–H groups in total. The summed E-state index contributed by atoms with van der Waals surface area (Å²) in [7, 11) is 0. The summed E-state index contributed by atoms with van der Waals surface area (Å²) in [6.45, 7) is 3.76. The fourth-order valence-corrected chi connectivity index (χ4v) is 2.38. The van der Waals surface area contributed by atoms with Crippen molar-refractivity contribution in [3.8, 4) is 0 Å². The van der Waals surface area contributed by atoms with E-state index in [1.165, 1.54) is 11.8 Å². The van der Waals surface area contributed by atoms with Crippen molar-refractivity contribution in [2.45, 2.75) is 30.5 Å². The first-order chi connectivity index (χ1) is 7.67. The predicted molar refractivity (Wildman–Crippen MR) is 62.3 cm³/mol. The van der Waals surface area contributed by atoms with E-state index in [0.29, 0.717) is 11.1 Å². The molecule has 0 aliphatic heterocycles. The highest BCUT2D eigenvalue weighted by Crippen LogP contribution is 2.26. The van der Waals surface area contributed by atoms with Gasteiger partial charge < -0.3 is 4.42 Å². The van der Waals surface area contributed by atoms with Gasteiger partial charge in [0.15, 0.2) is 0 Å². The molecule has 2 heterocycles. The highest BCUT2D eigenvalue weighted by atomic mass is 79.9. The van der Waals surface area contributed by atoms with E-state index in [9.17, 15) is 0 Å². The van der Waals surface area contributed by atoms with E-state index in [4.69, 9.17) is 4.42 Å². The Morgan fingerprint density at radius 1 is 1.38 bits per heavy atom. The molecule has 0 atom stereocenters. The van der Waals surface area contributed by atoms with Crippen LogP contribution in [0.15, 0.2) is 25.3 Å². The summed E-state index contributed by atoms with van der Waals surface area (Å²) < 4.78 is 6.03. The van der Waals surface area contributed by atoms with Crippen molar-refractivity contribution in [1.82, 2.24) is 20.2 Å². The maximum atomic E-state index is 5.27. The van der Waals surface area contributed by atoms with Gasteiger partial charge in [-0.1, -0.05) is 6.92 Å². The van der Waals surface area contributed by atoms with Crippen molar-refractivity contribution in [1.29, 1.82) is 0 Å². The number of aromatic nitrogens is 4. The smallest absolute Gasteiger partial charge is 0.282 e. The molecule has 0 bridgehead atoms. The van der Waals surface area contributed by atoms with Gasteiger partial charge in [-0.25, -0.2) is 9.97 Å². The number of nitrogens with zero attached hydrogens (tertiary/aromatic N) is 4. The summed E-state index contributed by atoms with van der Waals surface area (Å²) in [5, 5.41) is 8.94. The molecule has 0 unspecified atom stereocenters. The molecule has 5 nitrogen and oxygen atoms in total. The Kier molecular flexibility index (Phi) is 3.55. The van der Waals surface area contributed by atoms with Crippen LogP contribution in [0.2, 0.25) is 0 Å². The highest BCUT2D eigenvalue weighted by molar-refractivity contribution is 9.10. The Labute approximate surface area is 105 Å². The third-order valence-corrected chi connectivity index (χ3v) is 2.90. The molecule has 0 spiro atoms. The lowest BCUT2D eigenvalue weighted by atomic mass is 10.4. The van der Waals surface area contributed by atoms with Crippen LogP contribution in [-0.2, 0) is 6.42 Å². The Morgan fingerprint density at radius 3 is 2.81 bits per heavy atom. The molecule has 0 saturated heterocycles. The Hall–Kier alpha value is -0.950. The van der Waals surface area contributed by atoms with Crippen LogP contribution in [0.5, 0.6) is 0 Å². The molecule has 0 saturated carbocycles. The second kappa shape index (κ2) is 4.92. The van der Waals surface area contributed by atoms with Gasteiger partial charge in [0.05, 0.1) is 0 Å². The third kappa shape index (κ3) is 2.79. The van der Waals surface area contributed by atoms with Gasteiger partial charge in [-0.3, -0.25) is 0 Å². The van der Waals surface area contributed by atoms with E-state index in [2.05, 4.69) is 36.1 Å². The van der Waals surface area contributed by atoms with Crippen LogP contribution in [-0.4, -0.2) is 20.2 Å². The molecular weight excluding hydrogens is 292 g/mol. The molecule has 7 heteroatoms. The average molecular weight is 301 g/mol. The molecule has 2 aromatic heterocycles. The molecule has 0 amide bonds. The highest BCUT2D eigenvalue weighted by Gasteiger charge is 2.08. The summed E-state index contributed by atoms with van der Waals surface area (Å²) >= 11 is 4.67. The lowest BCUT2D eigenvalue weighted by molar-refractivity contribution is 0.429. The first-order valence-corrected chi connectivity index (χ1v) is 6.29. The zero-order valence-electron chi connectivity index (χ0n) is 8.77. The topological polar surface area (TPSA) is 64.7 Å². The Bertz CT molecular complexity index is 502. The van der Waals surface area contributed by atoms with E-state index < -0.39 is 0 Å². The van der Waals surface area contributed by atoms with E-state index in [-0.39, 0.29) is 0 Å². The summed E-state index contributed by atoms with van der Waals surface area (Å²) in [4.78, 5) is 8.58. The molecular formula is C9H9BrN4OS. The van der Waals surface area contributed by atoms with Gasteiger partial charge in [0.1, 0.15) is 15.5 Å². The molecule has 0 radical (unpaired) electrons. The van der Waals surface area contributed by atoms with Gasteiger partial charge in [-0.15, -0.1) is 10.2 Å². The van der Waals surface area contributed by atoms with Crippen molar-refractivity contribution in [3.63, 3.8) is 0 Å². The van der Waals surface area contributed by atoms with Crippen molar-refractivity contribution in [2.24, 2.45) is 0 Å². The Balaban J connectivity index is 2.24. The van der Waals surface area contributed by atoms with Gasteiger partial charge in [0.25, 0.3) is 5.22 Å². The summed E-state index contributed by atoms with van der Waals surface area (Å²) in [6.07, 6.45) is 0.788. The van der Waals surface area contributed by atoms with Crippen LogP contribution in [0, 0.1) is 6.92 Å². The average Bonchev–Trinajstić information content (AvgIpc) is 2.63. The van der Waals surface area contributed by atoms with Crippen LogP contribution in [0.3, 0.4) is 0 Å². The van der Waals surface area contributed by atoms with Crippen LogP contribution in [0.4, 0.5) is 0 Å². The first-order valence-electron chi connectivity index (χ1n) is 4.69. The van der Waals surface area contributed by atoms with E-state index >= 15 is 0 Å². The summed E-state index contributed by atoms with van der Waals surface area (Å²) in [6, 6.07) is 1.82. The summed E-state index contributed by atoms with van der Waals surface area (Å²) in [5.41, 5.74) is 0. The molecule has 16 heavy (non-hydrogen) atoms. The van der Waals surface area contributed by atoms with Crippen LogP contribution in [0.25, 0.3) is 0 Å². The largest absolute Gasteiger partial charge is 0.416 e. The second-order valence-corrected chi connectivity index (χ2v) is 4.77. The lowest BCUT2D eigenvalue weighted by Crippen LogP contribution is -1.94. The number of halogens is 1. The van der Waals surface area contributed by atoms with E-state index in [1.807, 2.05) is 13.0 Å². The van der Waals surface area contributed by atoms with Gasteiger partial charge in [0, 0.05) is 19.4 Å². The van der Waals surface area contributed by atoms with Crippen molar-refractivity contribution in [3.05, 3.63) is 22.4 Å². The summed E-state index contributed by atoms with van der Waals surface area (Å²) in [5.74, 6) is 1.33. The van der Waals surface area contributed by atoms with Crippen LogP contribution < -0.4 is 0 Å². The fraction of sp³-hybridized carbons (Fsp3) is 0.333. The van der Waals surface area contributed by atoms with Gasteiger partial charge >= 0.3 is 0 Å². The molecule has 0 fully saturated rings. The predicted octanol–water partition coefficient (Wildman–Crippen LogP) is 2.64. The molecule has 2 aromatic rings. The number of hydrogen-bond acceptors (Lipinski definition) is 6. The number of aryl methyl sites for hydroxylation is 2. The van der Waals surface area contributed by atoms with E-state index in [0.717, 1.165) is 21.9 Å². The fourth-order valence-electron chi connectivity index (χ4n) is 1.06. The maximum absolute atomic E-state index is 5.27. The second-order valence-electron chi connectivity index (χ2n) is 2.99. The zero-order chi connectivity index (χ0) is 11.5. The van der Waals surface area contributed by atoms with Gasteiger partial charge in [-0.2, -0.15) is 0 Å². The van der Waals surface area contributed by atoms with Gasteiger partial charge in [0.2, 0.25) is 5.89 Å². The molecule has 84 valence electrons. The van der Waals surface area contributed by atoms with Crippen molar-refractivity contribution >= 4 is 27.7 Å². The minimum atomic E-state index is 0.491.